The standard InChI is InChI=1S/C23H24ClFN2O5S/c24-20-15-17(16-21-23(20)32-14-2-13-31-21)3-8-22(28)26-9-1-10-27(12-11-26)33(29,30)19-6-4-18(25)5-7-19/h3-8,15-16H,1-2,9-14H2/b8-3+. The normalized spacial score (nSPS) is 17.6. The molecule has 0 aromatic heterocycles. The molecule has 0 bridgehead atoms. The number of halogens is 2. The molecule has 2 aromatic carbocycles. The summed E-state index contributed by atoms with van der Waals surface area (Å²) in [7, 11) is -3.75. The van der Waals surface area contributed by atoms with Crippen LogP contribution in [0.3, 0.4) is 0 Å². The highest BCUT2D eigenvalue weighted by Gasteiger charge is 2.28. The molecule has 1 saturated heterocycles. The summed E-state index contributed by atoms with van der Waals surface area (Å²) in [5.41, 5.74) is 0.702. The number of fused-ring (bicyclic) bond motifs is 1. The van der Waals surface area contributed by atoms with Crippen LogP contribution in [0.25, 0.3) is 6.08 Å². The van der Waals surface area contributed by atoms with Crippen molar-refractivity contribution in [2.24, 2.45) is 0 Å². The van der Waals surface area contributed by atoms with Crippen molar-refractivity contribution in [3.8, 4) is 11.5 Å². The molecular weight excluding hydrogens is 471 g/mol. The van der Waals surface area contributed by atoms with E-state index < -0.39 is 15.8 Å². The minimum Gasteiger partial charge on any atom is -0.489 e. The Morgan fingerprint density at radius 3 is 2.55 bits per heavy atom. The zero-order chi connectivity index (χ0) is 23.4. The van der Waals surface area contributed by atoms with Crippen LogP contribution < -0.4 is 9.47 Å². The Balaban J connectivity index is 1.42. The number of carbonyl (C=O) groups is 1. The highest BCUT2D eigenvalue weighted by molar-refractivity contribution is 7.89. The lowest BCUT2D eigenvalue weighted by atomic mass is 10.2. The molecule has 0 spiro atoms. The zero-order valence-corrected chi connectivity index (χ0v) is 19.4. The summed E-state index contributed by atoms with van der Waals surface area (Å²) in [5.74, 6) is 0.332. The molecule has 10 heteroatoms. The molecule has 0 aliphatic carbocycles. The molecule has 0 unspecified atom stereocenters. The van der Waals surface area contributed by atoms with Gasteiger partial charge in [-0.1, -0.05) is 11.6 Å². The van der Waals surface area contributed by atoms with Crippen molar-refractivity contribution in [1.29, 1.82) is 0 Å². The Morgan fingerprint density at radius 2 is 1.76 bits per heavy atom. The van der Waals surface area contributed by atoms with E-state index in [-0.39, 0.29) is 30.4 Å². The van der Waals surface area contributed by atoms with Crippen LogP contribution in [0.15, 0.2) is 47.4 Å². The van der Waals surface area contributed by atoms with E-state index in [1.807, 2.05) is 0 Å². The predicted octanol–water partition coefficient (Wildman–Crippen LogP) is 3.58. The van der Waals surface area contributed by atoms with Gasteiger partial charge >= 0.3 is 0 Å². The van der Waals surface area contributed by atoms with Crippen molar-refractivity contribution in [2.75, 3.05) is 39.4 Å². The molecule has 2 heterocycles. The van der Waals surface area contributed by atoms with Crippen molar-refractivity contribution < 1.29 is 27.1 Å². The van der Waals surface area contributed by atoms with Gasteiger partial charge in [0.05, 0.1) is 23.1 Å². The van der Waals surface area contributed by atoms with Crippen LogP contribution in [-0.2, 0) is 14.8 Å². The summed E-state index contributed by atoms with van der Waals surface area (Å²) < 4.78 is 51.5. The molecule has 7 nitrogen and oxygen atoms in total. The average Bonchev–Trinajstić information content (AvgIpc) is 3.19. The second-order valence-electron chi connectivity index (χ2n) is 7.75. The Morgan fingerprint density at radius 1 is 1.00 bits per heavy atom. The van der Waals surface area contributed by atoms with Crippen LogP contribution in [0.2, 0.25) is 5.02 Å². The summed E-state index contributed by atoms with van der Waals surface area (Å²) >= 11 is 6.31. The van der Waals surface area contributed by atoms with E-state index >= 15 is 0 Å². The van der Waals surface area contributed by atoms with Crippen LogP contribution in [0, 0.1) is 5.82 Å². The van der Waals surface area contributed by atoms with Gasteiger partial charge in [-0.2, -0.15) is 4.31 Å². The van der Waals surface area contributed by atoms with E-state index in [0.29, 0.717) is 48.3 Å². The first-order chi connectivity index (χ1) is 15.8. The lowest BCUT2D eigenvalue weighted by Gasteiger charge is -2.21. The Bertz CT molecular complexity index is 1150. The van der Waals surface area contributed by atoms with Crippen LogP contribution in [0.1, 0.15) is 18.4 Å². The summed E-state index contributed by atoms with van der Waals surface area (Å²) in [6.07, 6.45) is 4.35. The number of rotatable bonds is 4. The smallest absolute Gasteiger partial charge is 0.246 e. The molecule has 0 radical (unpaired) electrons. The van der Waals surface area contributed by atoms with Crippen molar-refractivity contribution >= 4 is 33.6 Å². The first-order valence-corrected chi connectivity index (χ1v) is 12.5. The minimum absolute atomic E-state index is 0.0369. The summed E-state index contributed by atoms with van der Waals surface area (Å²) in [6, 6.07) is 8.23. The third kappa shape index (κ3) is 5.48. The second-order valence-corrected chi connectivity index (χ2v) is 10.1. The number of hydrogen-bond acceptors (Lipinski definition) is 5. The van der Waals surface area contributed by atoms with Gasteiger partial charge in [0.1, 0.15) is 5.82 Å². The topological polar surface area (TPSA) is 76.2 Å². The van der Waals surface area contributed by atoms with Gasteiger partial charge in [-0.15, -0.1) is 0 Å². The summed E-state index contributed by atoms with van der Waals surface area (Å²) in [5, 5.41) is 0.415. The van der Waals surface area contributed by atoms with E-state index in [4.69, 9.17) is 21.1 Å². The molecule has 0 N–H and O–H groups in total. The first-order valence-electron chi connectivity index (χ1n) is 10.7. The lowest BCUT2D eigenvalue weighted by molar-refractivity contribution is -0.125. The Kier molecular flexibility index (Phi) is 7.21. The van der Waals surface area contributed by atoms with Gasteiger partial charge in [0.25, 0.3) is 0 Å². The molecule has 176 valence electrons. The van der Waals surface area contributed by atoms with Crippen LogP contribution in [0.5, 0.6) is 11.5 Å². The third-order valence-corrected chi connectivity index (χ3v) is 7.65. The highest BCUT2D eigenvalue weighted by Crippen LogP contribution is 2.38. The van der Waals surface area contributed by atoms with E-state index in [1.165, 1.54) is 22.5 Å². The molecule has 4 rings (SSSR count). The maximum atomic E-state index is 13.2. The van der Waals surface area contributed by atoms with Gasteiger partial charge in [0.15, 0.2) is 11.5 Å². The average molecular weight is 495 g/mol. The fraction of sp³-hybridized carbons (Fsp3) is 0.348. The molecule has 2 aliphatic rings. The predicted molar refractivity (Wildman–Crippen MR) is 122 cm³/mol. The van der Waals surface area contributed by atoms with Crippen LogP contribution in [0.4, 0.5) is 4.39 Å². The van der Waals surface area contributed by atoms with Gasteiger partial charge in [0, 0.05) is 38.7 Å². The quantitative estimate of drug-likeness (QED) is 0.607. The van der Waals surface area contributed by atoms with Gasteiger partial charge < -0.3 is 14.4 Å². The zero-order valence-electron chi connectivity index (χ0n) is 17.9. The number of ether oxygens (including phenoxy) is 2. The number of nitrogens with zero attached hydrogens (tertiary/aromatic N) is 2. The molecule has 2 aliphatic heterocycles. The van der Waals surface area contributed by atoms with Crippen molar-refractivity contribution in [3.05, 3.63) is 58.9 Å². The maximum absolute atomic E-state index is 13.2. The van der Waals surface area contributed by atoms with Crippen molar-refractivity contribution in [2.45, 2.75) is 17.7 Å². The number of hydrogen-bond donors (Lipinski definition) is 0. The van der Waals surface area contributed by atoms with E-state index in [9.17, 15) is 17.6 Å². The number of sulfonamides is 1. The van der Waals surface area contributed by atoms with E-state index in [0.717, 1.165) is 18.6 Å². The molecular formula is C23H24ClFN2O5S. The largest absolute Gasteiger partial charge is 0.489 e. The first kappa shape index (κ1) is 23.5. The molecule has 0 saturated carbocycles. The number of carbonyl (C=O) groups excluding carboxylic acids is 1. The Labute approximate surface area is 197 Å². The van der Waals surface area contributed by atoms with Gasteiger partial charge in [-0.25, -0.2) is 12.8 Å². The SMILES string of the molecule is O=C(/C=C/c1cc(Cl)c2c(c1)OCCCO2)N1CCCN(S(=O)(=O)c2ccc(F)cc2)CC1. The molecule has 0 atom stereocenters. The molecule has 33 heavy (non-hydrogen) atoms. The van der Waals surface area contributed by atoms with Crippen molar-refractivity contribution in [1.82, 2.24) is 9.21 Å². The fourth-order valence-electron chi connectivity index (χ4n) is 3.73. The van der Waals surface area contributed by atoms with Crippen molar-refractivity contribution in [3.63, 3.8) is 0 Å². The van der Waals surface area contributed by atoms with Gasteiger partial charge in [-0.05, 0) is 54.5 Å². The summed E-state index contributed by atoms with van der Waals surface area (Å²) in [6.45, 7) is 2.19. The fourth-order valence-corrected chi connectivity index (χ4v) is 5.47. The maximum Gasteiger partial charge on any atom is 0.246 e. The molecule has 1 fully saturated rings. The Hall–Kier alpha value is -2.62. The highest BCUT2D eigenvalue weighted by atomic mass is 35.5. The van der Waals surface area contributed by atoms with Crippen LogP contribution >= 0.6 is 11.6 Å². The summed E-state index contributed by atoms with van der Waals surface area (Å²) in [4.78, 5) is 14.4. The molecule has 1 amide bonds. The number of amides is 1. The second kappa shape index (κ2) is 10.1. The third-order valence-electron chi connectivity index (χ3n) is 5.46. The monoisotopic (exact) mass is 494 g/mol. The van der Waals surface area contributed by atoms with Gasteiger partial charge in [0.2, 0.25) is 15.9 Å². The molecule has 2 aromatic rings. The van der Waals surface area contributed by atoms with Crippen LogP contribution in [-0.4, -0.2) is 62.9 Å². The van der Waals surface area contributed by atoms with Gasteiger partial charge in [-0.3, -0.25) is 4.79 Å². The minimum atomic E-state index is -3.75. The van der Waals surface area contributed by atoms with E-state index in [1.54, 1.807) is 23.1 Å². The van der Waals surface area contributed by atoms with E-state index in [2.05, 4.69) is 0 Å². The lowest BCUT2D eigenvalue weighted by Crippen LogP contribution is -2.36. The number of benzene rings is 2.